The SMILES string of the molecule is CCc1cccc2c3c(oc12)=CCCC=3. The summed E-state index contributed by atoms with van der Waals surface area (Å²) in [5, 5.41) is 2.58. The van der Waals surface area contributed by atoms with E-state index in [0.29, 0.717) is 0 Å². The molecule has 0 amide bonds. The molecule has 0 atom stereocenters. The van der Waals surface area contributed by atoms with Crippen LogP contribution in [-0.4, -0.2) is 0 Å². The summed E-state index contributed by atoms with van der Waals surface area (Å²) < 4.78 is 5.93. The lowest BCUT2D eigenvalue weighted by molar-refractivity contribution is 0.568. The van der Waals surface area contributed by atoms with Gasteiger partial charge in [0, 0.05) is 10.6 Å². The van der Waals surface area contributed by atoms with Crippen LogP contribution in [0.4, 0.5) is 0 Å². The van der Waals surface area contributed by atoms with Crippen LogP contribution in [0.3, 0.4) is 0 Å². The molecule has 3 rings (SSSR count). The van der Waals surface area contributed by atoms with Gasteiger partial charge >= 0.3 is 0 Å². The first-order chi connectivity index (χ1) is 7.40. The van der Waals surface area contributed by atoms with Crippen molar-refractivity contribution in [3.05, 3.63) is 34.4 Å². The van der Waals surface area contributed by atoms with Gasteiger partial charge in [-0.1, -0.05) is 31.2 Å². The van der Waals surface area contributed by atoms with E-state index in [1.54, 1.807) is 0 Å². The topological polar surface area (TPSA) is 13.1 Å². The standard InChI is InChI=1S/C14H14O/c1-2-10-6-5-8-12-11-7-3-4-9-13(11)15-14(10)12/h5-9H,2-4H2,1H3. The maximum Gasteiger partial charge on any atom is 0.138 e. The fourth-order valence-electron chi connectivity index (χ4n) is 2.30. The molecule has 0 spiro atoms. The molecule has 76 valence electrons. The summed E-state index contributed by atoms with van der Waals surface area (Å²) in [5.41, 5.74) is 3.46. The van der Waals surface area contributed by atoms with E-state index in [1.807, 2.05) is 0 Å². The number of benzene rings is 1. The van der Waals surface area contributed by atoms with Crippen molar-refractivity contribution in [1.82, 2.24) is 0 Å². The average Bonchev–Trinajstić information content (AvgIpc) is 2.67. The van der Waals surface area contributed by atoms with Crippen LogP contribution in [0.15, 0.2) is 22.6 Å². The molecular weight excluding hydrogens is 184 g/mol. The minimum absolute atomic E-state index is 1.03. The quantitative estimate of drug-likeness (QED) is 0.685. The third-order valence-corrected chi connectivity index (χ3v) is 3.09. The normalized spacial score (nSPS) is 14.5. The van der Waals surface area contributed by atoms with E-state index in [-0.39, 0.29) is 0 Å². The van der Waals surface area contributed by atoms with E-state index in [1.165, 1.54) is 16.2 Å². The average molecular weight is 198 g/mol. The maximum absolute atomic E-state index is 5.93. The summed E-state index contributed by atoms with van der Waals surface area (Å²) in [5.74, 6) is 0. The molecule has 2 aromatic rings. The third-order valence-electron chi connectivity index (χ3n) is 3.09. The molecule has 0 unspecified atom stereocenters. The van der Waals surface area contributed by atoms with Crippen molar-refractivity contribution in [2.75, 3.05) is 0 Å². The third kappa shape index (κ3) is 1.23. The van der Waals surface area contributed by atoms with E-state index in [4.69, 9.17) is 4.42 Å². The van der Waals surface area contributed by atoms with Gasteiger partial charge in [0.05, 0.1) is 0 Å². The molecule has 0 saturated carbocycles. The second-order valence-corrected chi connectivity index (χ2v) is 4.01. The zero-order valence-corrected chi connectivity index (χ0v) is 8.92. The number of aryl methyl sites for hydroxylation is 1. The van der Waals surface area contributed by atoms with Gasteiger partial charge in [0.15, 0.2) is 0 Å². The Labute approximate surface area is 88.7 Å². The first-order valence-electron chi connectivity index (χ1n) is 5.61. The summed E-state index contributed by atoms with van der Waals surface area (Å²) in [4.78, 5) is 0. The van der Waals surface area contributed by atoms with Crippen molar-refractivity contribution in [2.24, 2.45) is 0 Å². The fourth-order valence-corrected chi connectivity index (χ4v) is 2.30. The molecule has 1 nitrogen and oxygen atoms in total. The fraction of sp³-hybridized carbons (Fsp3) is 0.286. The molecule has 0 radical (unpaired) electrons. The van der Waals surface area contributed by atoms with Gasteiger partial charge in [-0.3, -0.25) is 0 Å². The number of furan rings is 1. The van der Waals surface area contributed by atoms with Crippen LogP contribution in [0.5, 0.6) is 0 Å². The smallest absolute Gasteiger partial charge is 0.138 e. The highest BCUT2D eigenvalue weighted by Gasteiger charge is 2.07. The molecule has 0 bridgehead atoms. The Kier molecular flexibility index (Phi) is 1.91. The number of hydrogen-bond acceptors (Lipinski definition) is 1. The highest BCUT2D eigenvalue weighted by atomic mass is 16.3. The van der Waals surface area contributed by atoms with Crippen LogP contribution < -0.4 is 10.6 Å². The van der Waals surface area contributed by atoms with Crippen LogP contribution in [0.25, 0.3) is 23.1 Å². The second-order valence-electron chi connectivity index (χ2n) is 4.01. The van der Waals surface area contributed by atoms with E-state index < -0.39 is 0 Å². The van der Waals surface area contributed by atoms with Gasteiger partial charge < -0.3 is 4.42 Å². The van der Waals surface area contributed by atoms with Crippen LogP contribution in [0.1, 0.15) is 25.3 Å². The van der Waals surface area contributed by atoms with E-state index in [9.17, 15) is 0 Å². The zero-order valence-electron chi connectivity index (χ0n) is 8.92. The molecule has 1 heteroatoms. The summed E-state index contributed by atoms with van der Waals surface area (Å²) in [7, 11) is 0. The minimum atomic E-state index is 1.03. The number of para-hydroxylation sites is 1. The van der Waals surface area contributed by atoms with Crippen LogP contribution in [0, 0.1) is 0 Å². The molecule has 0 N–H and O–H groups in total. The molecule has 1 aliphatic carbocycles. The summed E-state index contributed by atoms with van der Waals surface area (Å²) in [6.45, 7) is 2.17. The van der Waals surface area contributed by atoms with Gasteiger partial charge in [0.1, 0.15) is 11.0 Å². The van der Waals surface area contributed by atoms with Crippen molar-refractivity contribution >= 4 is 23.1 Å². The van der Waals surface area contributed by atoms with Gasteiger partial charge in [0.25, 0.3) is 0 Å². The Hall–Kier alpha value is -1.50. The van der Waals surface area contributed by atoms with E-state index in [0.717, 1.165) is 30.3 Å². The Morgan fingerprint density at radius 2 is 2.07 bits per heavy atom. The summed E-state index contributed by atoms with van der Waals surface area (Å²) in [6.07, 6.45) is 7.77. The Balaban J connectivity index is 2.52. The van der Waals surface area contributed by atoms with Crippen LogP contribution >= 0.6 is 0 Å². The van der Waals surface area contributed by atoms with Crippen molar-refractivity contribution in [1.29, 1.82) is 0 Å². The molecule has 1 heterocycles. The predicted molar refractivity (Wildman–Crippen MR) is 63.0 cm³/mol. The highest BCUT2D eigenvalue weighted by molar-refractivity contribution is 5.82. The van der Waals surface area contributed by atoms with E-state index in [2.05, 4.69) is 37.3 Å². The molecule has 15 heavy (non-hydrogen) atoms. The van der Waals surface area contributed by atoms with Crippen molar-refractivity contribution in [3.8, 4) is 0 Å². The number of hydrogen-bond donors (Lipinski definition) is 0. The maximum atomic E-state index is 5.93. The monoisotopic (exact) mass is 198 g/mol. The molecule has 1 aliphatic rings. The van der Waals surface area contributed by atoms with Gasteiger partial charge in [-0.05, 0) is 30.9 Å². The summed E-state index contributed by atoms with van der Waals surface area (Å²) >= 11 is 0. The lowest BCUT2D eigenvalue weighted by Gasteiger charge is -1.95. The zero-order chi connectivity index (χ0) is 10.3. The van der Waals surface area contributed by atoms with Crippen molar-refractivity contribution < 1.29 is 4.42 Å². The lowest BCUT2D eigenvalue weighted by Crippen LogP contribution is -2.21. The first-order valence-corrected chi connectivity index (χ1v) is 5.61. The van der Waals surface area contributed by atoms with Gasteiger partial charge in [-0.2, -0.15) is 0 Å². The molecule has 1 aromatic carbocycles. The number of rotatable bonds is 1. The lowest BCUT2D eigenvalue weighted by atomic mass is 10.1. The first kappa shape index (κ1) is 8.78. The van der Waals surface area contributed by atoms with Crippen molar-refractivity contribution in [2.45, 2.75) is 26.2 Å². The van der Waals surface area contributed by atoms with Gasteiger partial charge in [0.2, 0.25) is 0 Å². The Bertz CT molecular complexity index is 617. The van der Waals surface area contributed by atoms with Gasteiger partial charge in [-0.25, -0.2) is 0 Å². The summed E-state index contributed by atoms with van der Waals surface area (Å²) in [6, 6.07) is 6.43. The Morgan fingerprint density at radius 1 is 1.20 bits per heavy atom. The molecule has 0 aliphatic heterocycles. The molecule has 1 aromatic heterocycles. The van der Waals surface area contributed by atoms with Crippen LogP contribution in [0.2, 0.25) is 0 Å². The number of fused-ring (bicyclic) bond motifs is 3. The van der Waals surface area contributed by atoms with Gasteiger partial charge in [-0.15, -0.1) is 0 Å². The van der Waals surface area contributed by atoms with Crippen LogP contribution in [-0.2, 0) is 6.42 Å². The van der Waals surface area contributed by atoms with E-state index >= 15 is 0 Å². The minimum Gasteiger partial charge on any atom is -0.456 e. The van der Waals surface area contributed by atoms with Crippen molar-refractivity contribution in [3.63, 3.8) is 0 Å². The largest absolute Gasteiger partial charge is 0.456 e. The molecular formula is C14H14O. The second kappa shape index (κ2) is 3.27. The molecule has 0 saturated heterocycles. The molecule has 0 fully saturated rings. The Morgan fingerprint density at radius 3 is 2.93 bits per heavy atom. The highest BCUT2D eigenvalue weighted by Crippen LogP contribution is 2.16. The predicted octanol–water partition coefficient (Wildman–Crippen LogP) is 2.35.